The molecule has 0 bridgehead atoms. The van der Waals surface area contributed by atoms with Gasteiger partial charge < -0.3 is 4.90 Å². The fourth-order valence-corrected chi connectivity index (χ4v) is 4.71. The van der Waals surface area contributed by atoms with Crippen molar-refractivity contribution in [1.29, 1.82) is 0 Å². The molecule has 1 saturated carbocycles. The zero-order valence-corrected chi connectivity index (χ0v) is 15.0. The number of likely N-dealkylation sites (tertiary alicyclic amines) is 1. The Balaban J connectivity index is 1.43. The van der Waals surface area contributed by atoms with Gasteiger partial charge in [-0.05, 0) is 56.3 Å². The molecule has 5 heteroatoms. The van der Waals surface area contributed by atoms with E-state index in [0.29, 0.717) is 12.5 Å². The van der Waals surface area contributed by atoms with Gasteiger partial charge in [0, 0.05) is 18.0 Å². The maximum Gasteiger partial charge on any atom is 0.233 e. The maximum absolute atomic E-state index is 12.1. The lowest BCUT2D eigenvalue weighted by Crippen LogP contribution is -2.42. The van der Waals surface area contributed by atoms with E-state index in [2.05, 4.69) is 9.62 Å². The maximum atomic E-state index is 12.1. The van der Waals surface area contributed by atoms with E-state index in [1.54, 1.807) is 6.08 Å². The minimum atomic E-state index is -3.35. The van der Waals surface area contributed by atoms with Crippen LogP contribution in [-0.4, -0.2) is 39.0 Å². The third-order valence-electron chi connectivity index (χ3n) is 5.30. The Morgan fingerprint density at radius 2 is 1.71 bits per heavy atom. The summed E-state index contributed by atoms with van der Waals surface area (Å²) in [6.45, 7) is 2.80. The summed E-state index contributed by atoms with van der Waals surface area (Å²) in [5, 5.41) is 1.27. The zero-order chi connectivity index (χ0) is 16.8. The summed E-state index contributed by atoms with van der Waals surface area (Å²) in [6, 6.07) is 10.3. The van der Waals surface area contributed by atoms with Crippen molar-refractivity contribution in [2.24, 2.45) is 5.92 Å². The van der Waals surface area contributed by atoms with Gasteiger partial charge in [0.15, 0.2) is 0 Å². The minimum absolute atomic E-state index is 0.461. The molecule has 0 radical (unpaired) electrons. The normalized spacial score (nSPS) is 21.7. The molecule has 1 N–H and O–H groups in total. The standard InChI is InChI=1S/C19H28N2O2S/c22-24(23,15-12-17-6-2-1-3-7-17)20-16-18-10-13-21(14-11-18)19-8-4-5-9-19/h1-3,6-7,12,15,18-20H,4-5,8-11,13-14,16H2/b15-12+. The van der Waals surface area contributed by atoms with Crippen LogP contribution in [0.5, 0.6) is 0 Å². The minimum Gasteiger partial charge on any atom is -0.300 e. The van der Waals surface area contributed by atoms with Gasteiger partial charge in [-0.1, -0.05) is 43.2 Å². The lowest BCUT2D eigenvalue weighted by molar-refractivity contribution is 0.135. The number of benzene rings is 1. The van der Waals surface area contributed by atoms with Crippen LogP contribution >= 0.6 is 0 Å². The third kappa shape index (κ3) is 5.16. The van der Waals surface area contributed by atoms with Crippen molar-refractivity contribution in [3.8, 4) is 0 Å². The second-order valence-electron chi connectivity index (χ2n) is 7.02. The molecular formula is C19H28N2O2S. The Morgan fingerprint density at radius 3 is 2.38 bits per heavy atom. The summed E-state index contributed by atoms with van der Waals surface area (Å²) in [7, 11) is -3.35. The van der Waals surface area contributed by atoms with Crippen molar-refractivity contribution in [2.45, 2.75) is 44.6 Å². The number of hydrogen-bond acceptors (Lipinski definition) is 3. The molecule has 24 heavy (non-hydrogen) atoms. The summed E-state index contributed by atoms with van der Waals surface area (Å²) in [5.74, 6) is 0.461. The Labute approximate surface area is 146 Å². The van der Waals surface area contributed by atoms with E-state index in [-0.39, 0.29) is 0 Å². The number of hydrogen-bond donors (Lipinski definition) is 1. The Bertz CT molecular complexity index is 629. The second kappa shape index (κ2) is 8.28. The summed E-state index contributed by atoms with van der Waals surface area (Å²) in [4.78, 5) is 2.62. The summed E-state index contributed by atoms with van der Waals surface area (Å²) < 4.78 is 27.0. The van der Waals surface area contributed by atoms with Gasteiger partial charge in [-0.15, -0.1) is 0 Å². The smallest absolute Gasteiger partial charge is 0.233 e. The predicted molar refractivity (Wildman–Crippen MR) is 99.0 cm³/mol. The van der Waals surface area contributed by atoms with Gasteiger partial charge >= 0.3 is 0 Å². The molecule has 1 aromatic carbocycles. The lowest BCUT2D eigenvalue weighted by Gasteiger charge is -2.36. The highest BCUT2D eigenvalue weighted by molar-refractivity contribution is 7.92. The van der Waals surface area contributed by atoms with Crippen LogP contribution in [0.25, 0.3) is 6.08 Å². The molecule has 3 rings (SSSR count). The molecule has 132 valence electrons. The number of rotatable bonds is 6. The number of piperidine rings is 1. The van der Waals surface area contributed by atoms with Crippen molar-refractivity contribution in [2.75, 3.05) is 19.6 Å². The van der Waals surface area contributed by atoms with Crippen molar-refractivity contribution in [3.05, 3.63) is 41.3 Å². The van der Waals surface area contributed by atoms with E-state index in [1.807, 2.05) is 30.3 Å². The fourth-order valence-electron chi connectivity index (χ4n) is 3.81. The molecule has 0 atom stereocenters. The monoisotopic (exact) mass is 348 g/mol. The SMILES string of the molecule is O=S(=O)(/C=C/c1ccccc1)NCC1CCN(C2CCCC2)CC1. The van der Waals surface area contributed by atoms with Crippen molar-refractivity contribution in [3.63, 3.8) is 0 Å². The van der Waals surface area contributed by atoms with E-state index >= 15 is 0 Å². The molecule has 1 aliphatic carbocycles. The quantitative estimate of drug-likeness (QED) is 0.859. The summed E-state index contributed by atoms with van der Waals surface area (Å²) in [6.07, 6.45) is 9.29. The van der Waals surface area contributed by atoms with E-state index in [4.69, 9.17) is 0 Å². The molecule has 1 saturated heterocycles. The summed E-state index contributed by atoms with van der Waals surface area (Å²) in [5.41, 5.74) is 0.896. The molecule has 0 spiro atoms. The van der Waals surface area contributed by atoms with Crippen LogP contribution in [0.15, 0.2) is 35.7 Å². The summed E-state index contributed by atoms with van der Waals surface area (Å²) >= 11 is 0. The van der Waals surface area contributed by atoms with Crippen LogP contribution in [0.3, 0.4) is 0 Å². The van der Waals surface area contributed by atoms with Gasteiger partial charge in [0.2, 0.25) is 10.0 Å². The van der Waals surface area contributed by atoms with Gasteiger partial charge in [0.25, 0.3) is 0 Å². The van der Waals surface area contributed by atoms with Crippen LogP contribution in [0.4, 0.5) is 0 Å². The van der Waals surface area contributed by atoms with Gasteiger partial charge in [0.1, 0.15) is 0 Å². The van der Waals surface area contributed by atoms with E-state index in [0.717, 1.165) is 37.5 Å². The zero-order valence-electron chi connectivity index (χ0n) is 14.2. The van der Waals surface area contributed by atoms with Crippen LogP contribution in [0.1, 0.15) is 44.1 Å². The van der Waals surface area contributed by atoms with Crippen molar-refractivity contribution < 1.29 is 8.42 Å². The molecule has 4 nitrogen and oxygen atoms in total. The molecule has 0 amide bonds. The first-order valence-electron chi connectivity index (χ1n) is 9.09. The average Bonchev–Trinajstić information content (AvgIpc) is 3.15. The topological polar surface area (TPSA) is 49.4 Å². The predicted octanol–water partition coefficient (Wildman–Crippen LogP) is 3.23. The third-order valence-corrected chi connectivity index (χ3v) is 6.37. The fraction of sp³-hybridized carbons (Fsp3) is 0.579. The average molecular weight is 349 g/mol. The van der Waals surface area contributed by atoms with Crippen LogP contribution in [0.2, 0.25) is 0 Å². The second-order valence-corrected chi connectivity index (χ2v) is 8.68. The molecule has 1 aliphatic heterocycles. The first kappa shape index (κ1) is 17.6. The van der Waals surface area contributed by atoms with E-state index in [9.17, 15) is 8.42 Å². The first-order valence-corrected chi connectivity index (χ1v) is 10.6. The molecule has 1 heterocycles. The van der Waals surface area contributed by atoms with Gasteiger partial charge in [-0.25, -0.2) is 13.1 Å². The van der Waals surface area contributed by atoms with Crippen LogP contribution < -0.4 is 4.72 Å². The van der Waals surface area contributed by atoms with Gasteiger partial charge in [-0.3, -0.25) is 0 Å². The largest absolute Gasteiger partial charge is 0.300 e. The Morgan fingerprint density at radius 1 is 1.04 bits per heavy atom. The molecule has 2 fully saturated rings. The van der Waals surface area contributed by atoms with Gasteiger partial charge in [0.05, 0.1) is 0 Å². The molecular weight excluding hydrogens is 320 g/mol. The van der Waals surface area contributed by atoms with Crippen LogP contribution in [-0.2, 0) is 10.0 Å². The molecule has 2 aliphatic rings. The Hall–Kier alpha value is -1.17. The molecule has 0 unspecified atom stereocenters. The molecule has 1 aromatic rings. The first-order chi connectivity index (χ1) is 11.6. The van der Waals surface area contributed by atoms with E-state index < -0.39 is 10.0 Å². The number of nitrogens with zero attached hydrogens (tertiary/aromatic N) is 1. The van der Waals surface area contributed by atoms with E-state index in [1.165, 1.54) is 31.1 Å². The number of nitrogens with one attached hydrogen (secondary N) is 1. The highest BCUT2D eigenvalue weighted by Gasteiger charge is 2.27. The van der Waals surface area contributed by atoms with Crippen molar-refractivity contribution >= 4 is 16.1 Å². The number of sulfonamides is 1. The van der Waals surface area contributed by atoms with Crippen molar-refractivity contribution in [1.82, 2.24) is 9.62 Å². The Kier molecular flexibility index (Phi) is 6.09. The van der Waals surface area contributed by atoms with Gasteiger partial charge in [-0.2, -0.15) is 0 Å². The lowest BCUT2D eigenvalue weighted by atomic mass is 9.96. The highest BCUT2D eigenvalue weighted by Crippen LogP contribution is 2.27. The molecule has 0 aromatic heterocycles. The van der Waals surface area contributed by atoms with Crippen LogP contribution in [0, 0.1) is 5.92 Å². The highest BCUT2D eigenvalue weighted by atomic mass is 32.2.